The predicted octanol–water partition coefficient (Wildman–Crippen LogP) is -3.02. The van der Waals surface area contributed by atoms with E-state index in [0.717, 1.165) is 0 Å². The summed E-state index contributed by atoms with van der Waals surface area (Å²) in [5, 5.41) is 24.3. The lowest BCUT2D eigenvalue weighted by Gasteiger charge is -2.21. The standard InChI is InChI=1S/C16H27N5O8S/c1-30-5-4-9(16(28)29)21-15(27)10(6-11(18)22)20-12(23)7-19-14(26)8(17)2-3-13(24)25/h8-10H,2-7,17H2,1H3,(H2,18,22)(H,19,26)(H,20,23)(H,21,27)(H,24,25)(H,28,29). The largest absolute Gasteiger partial charge is 0.481 e. The van der Waals surface area contributed by atoms with E-state index in [1.54, 1.807) is 6.26 Å². The number of rotatable bonds is 15. The zero-order chi connectivity index (χ0) is 23.3. The number of primary amides is 1. The molecular weight excluding hydrogens is 422 g/mol. The van der Waals surface area contributed by atoms with Gasteiger partial charge in [0.2, 0.25) is 23.6 Å². The van der Waals surface area contributed by atoms with Crippen LogP contribution < -0.4 is 27.4 Å². The lowest BCUT2D eigenvalue weighted by molar-refractivity contribution is -0.142. The number of nitrogens with two attached hydrogens (primary N) is 2. The van der Waals surface area contributed by atoms with Crippen molar-refractivity contribution in [3.8, 4) is 0 Å². The molecule has 9 N–H and O–H groups in total. The normalized spacial score (nSPS) is 13.4. The lowest BCUT2D eigenvalue weighted by atomic mass is 10.1. The van der Waals surface area contributed by atoms with Crippen LogP contribution in [0.1, 0.15) is 25.7 Å². The highest BCUT2D eigenvalue weighted by atomic mass is 32.2. The molecule has 30 heavy (non-hydrogen) atoms. The van der Waals surface area contributed by atoms with Gasteiger partial charge in [0.15, 0.2) is 0 Å². The van der Waals surface area contributed by atoms with Crippen LogP contribution in [-0.4, -0.2) is 82.5 Å². The van der Waals surface area contributed by atoms with Gasteiger partial charge in [0.05, 0.1) is 19.0 Å². The molecule has 0 heterocycles. The number of carbonyl (C=O) groups is 6. The average Bonchev–Trinajstić information content (AvgIpc) is 2.65. The SMILES string of the molecule is CSCCC(NC(=O)C(CC(N)=O)NC(=O)CNC(=O)C(N)CCC(=O)O)C(=O)O. The third kappa shape index (κ3) is 11.9. The summed E-state index contributed by atoms with van der Waals surface area (Å²) in [6.07, 6.45) is 0.839. The quantitative estimate of drug-likeness (QED) is 0.134. The fourth-order valence-electron chi connectivity index (χ4n) is 2.13. The summed E-state index contributed by atoms with van der Waals surface area (Å²) in [5.41, 5.74) is 10.6. The molecule has 0 aromatic rings. The van der Waals surface area contributed by atoms with Crippen LogP contribution in [0.15, 0.2) is 0 Å². The van der Waals surface area contributed by atoms with E-state index in [9.17, 15) is 33.9 Å². The van der Waals surface area contributed by atoms with Crippen LogP contribution in [0.25, 0.3) is 0 Å². The third-order valence-corrected chi connectivity index (χ3v) is 4.36. The number of carboxylic acid groups (broad SMARTS) is 2. The van der Waals surface area contributed by atoms with E-state index in [1.807, 2.05) is 0 Å². The van der Waals surface area contributed by atoms with Crippen LogP contribution in [0, 0.1) is 0 Å². The van der Waals surface area contributed by atoms with Crippen LogP contribution in [0.4, 0.5) is 0 Å². The van der Waals surface area contributed by atoms with Crippen molar-refractivity contribution < 1.29 is 39.0 Å². The molecule has 0 aromatic heterocycles. The van der Waals surface area contributed by atoms with Crippen LogP contribution in [0.3, 0.4) is 0 Å². The second-order valence-electron chi connectivity index (χ2n) is 6.23. The van der Waals surface area contributed by atoms with E-state index in [-0.39, 0.29) is 19.3 Å². The summed E-state index contributed by atoms with van der Waals surface area (Å²) >= 11 is 1.38. The first kappa shape index (κ1) is 27.1. The van der Waals surface area contributed by atoms with Crippen molar-refractivity contribution in [2.24, 2.45) is 11.5 Å². The van der Waals surface area contributed by atoms with Crippen LogP contribution in [0.2, 0.25) is 0 Å². The maximum Gasteiger partial charge on any atom is 0.326 e. The van der Waals surface area contributed by atoms with E-state index in [4.69, 9.17) is 16.6 Å². The van der Waals surface area contributed by atoms with Gasteiger partial charge in [-0.3, -0.25) is 24.0 Å². The average molecular weight is 449 g/mol. The van der Waals surface area contributed by atoms with Crippen molar-refractivity contribution in [3.05, 3.63) is 0 Å². The molecule has 13 nitrogen and oxygen atoms in total. The molecule has 0 aromatic carbocycles. The monoisotopic (exact) mass is 449 g/mol. The van der Waals surface area contributed by atoms with Gasteiger partial charge in [-0.1, -0.05) is 0 Å². The van der Waals surface area contributed by atoms with Crippen molar-refractivity contribution >= 4 is 47.3 Å². The maximum atomic E-state index is 12.3. The van der Waals surface area contributed by atoms with Crippen molar-refractivity contribution in [1.29, 1.82) is 0 Å². The van der Waals surface area contributed by atoms with E-state index in [0.29, 0.717) is 5.75 Å². The van der Waals surface area contributed by atoms with Gasteiger partial charge in [0.25, 0.3) is 0 Å². The smallest absolute Gasteiger partial charge is 0.326 e. The molecule has 0 bridgehead atoms. The van der Waals surface area contributed by atoms with Crippen LogP contribution in [-0.2, 0) is 28.8 Å². The molecule has 0 radical (unpaired) electrons. The Hall–Kier alpha value is -2.87. The molecular formula is C16H27N5O8S. The van der Waals surface area contributed by atoms with E-state index >= 15 is 0 Å². The maximum absolute atomic E-state index is 12.3. The van der Waals surface area contributed by atoms with Crippen LogP contribution >= 0.6 is 11.8 Å². The summed E-state index contributed by atoms with van der Waals surface area (Å²) in [7, 11) is 0. The summed E-state index contributed by atoms with van der Waals surface area (Å²) in [6.45, 7) is -0.600. The fourth-order valence-corrected chi connectivity index (χ4v) is 2.60. The number of hydrogen-bond acceptors (Lipinski definition) is 8. The molecule has 170 valence electrons. The Balaban J connectivity index is 4.83. The predicted molar refractivity (Wildman–Crippen MR) is 106 cm³/mol. The van der Waals surface area contributed by atoms with Gasteiger partial charge in [0.1, 0.15) is 12.1 Å². The third-order valence-electron chi connectivity index (χ3n) is 3.71. The van der Waals surface area contributed by atoms with Crippen LogP contribution in [0.5, 0.6) is 0 Å². The summed E-state index contributed by atoms with van der Waals surface area (Å²) in [4.78, 5) is 69.0. The molecule has 0 saturated heterocycles. The Kier molecular flexibility index (Phi) is 12.8. The molecule has 4 amide bonds. The second-order valence-corrected chi connectivity index (χ2v) is 7.21. The second kappa shape index (κ2) is 14.2. The Morgan fingerprint density at radius 2 is 1.60 bits per heavy atom. The minimum Gasteiger partial charge on any atom is -0.481 e. The van der Waals surface area contributed by atoms with E-state index in [2.05, 4.69) is 16.0 Å². The zero-order valence-electron chi connectivity index (χ0n) is 16.4. The minimum atomic E-state index is -1.44. The first-order valence-electron chi connectivity index (χ1n) is 8.82. The zero-order valence-corrected chi connectivity index (χ0v) is 17.2. The molecule has 0 aliphatic heterocycles. The van der Waals surface area contributed by atoms with E-state index < -0.39 is 66.7 Å². The highest BCUT2D eigenvalue weighted by Crippen LogP contribution is 2.03. The van der Waals surface area contributed by atoms with Gasteiger partial charge in [-0.2, -0.15) is 11.8 Å². The fraction of sp³-hybridized carbons (Fsp3) is 0.625. The molecule has 3 atom stereocenters. The number of amides is 4. The van der Waals surface area contributed by atoms with Gasteiger partial charge in [-0.05, 0) is 24.9 Å². The number of thioether (sulfide) groups is 1. The Labute approximate surface area is 176 Å². The number of aliphatic carboxylic acids is 2. The highest BCUT2D eigenvalue weighted by Gasteiger charge is 2.27. The molecule has 0 spiro atoms. The van der Waals surface area contributed by atoms with Gasteiger partial charge < -0.3 is 37.6 Å². The van der Waals surface area contributed by atoms with Crippen molar-refractivity contribution in [2.45, 2.75) is 43.8 Å². The first-order chi connectivity index (χ1) is 14.0. The van der Waals surface area contributed by atoms with Gasteiger partial charge in [-0.25, -0.2) is 4.79 Å². The molecule has 0 aliphatic carbocycles. The van der Waals surface area contributed by atoms with Gasteiger partial charge in [0, 0.05) is 6.42 Å². The van der Waals surface area contributed by atoms with Crippen molar-refractivity contribution in [3.63, 3.8) is 0 Å². The van der Waals surface area contributed by atoms with Gasteiger partial charge >= 0.3 is 11.9 Å². The summed E-state index contributed by atoms with van der Waals surface area (Å²) in [5.74, 6) is -5.40. The van der Waals surface area contributed by atoms with Crippen molar-refractivity contribution in [2.75, 3.05) is 18.6 Å². The number of nitrogens with one attached hydrogen (secondary N) is 3. The number of carboxylic acids is 2. The Morgan fingerprint density at radius 1 is 0.967 bits per heavy atom. The highest BCUT2D eigenvalue weighted by molar-refractivity contribution is 7.98. The van der Waals surface area contributed by atoms with Gasteiger partial charge in [-0.15, -0.1) is 0 Å². The Bertz CT molecular complexity index is 660. The molecule has 3 unspecified atom stereocenters. The van der Waals surface area contributed by atoms with Crippen molar-refractivity contribution in [1.82, 2.24) is 16.0 Å². The topological polar surface area (TPSA) is 231 Å². The Morgan fingerprint density at radius 3 is 2.10 bits per heavy atom. The molecule has 0 fully saturated rings. The molecule has 0 rings (SSSR count). The molecule has 0 aliphatic rings. The summed E-state index contributed by atoms with van der Waals surface area (Å²) < 4.78 is 0. The minimum absolute atomic E-state index is 0.129. The van der Waals surface area contributed by atoms with E-state index in [1.165, 1.54) is 11.8 Å². The summed E-state index contributed by atoms with van der Waals surface area (Å²) in [6, 6.07) is -3.81. The lowest BCUT2D eigenvalue weighted by Crippen LogP contribution is -2.54. The molecule has 14 heteroatoms. The first-order valence-corrected chi connectivity index (χ1v) is 10.2. The molecule has 0 saturated carbocycles. The number of hydrogen-bond donors (Lipinski definition) is 7. The number of carbonyl (C=O) groups excluding carboxylic acids is 4.